The highest BCUT2D eigenvalue weighted by atomic mass is 32.1. The Balaban J connectivity index is 1.05. The number of nitrogens with zero attached hydrogens (tertiary/aromatic N) is 1. The van der Waals surface area contributed by atoms with Gasteiger partial charge >= 0.3 is 0 Å². The van der Waals surface area contributed by atoms with Gasteiger partial charge in [0.2, 0.25) is 0 Å². The molecule has 0 aliphatic heterocycles. The minimum atomic E-state index is 0.408. The fourth-order valence-electron chi connectivity index (χ4n) is 10.1. The zero-order chi connectivity index (χ0) is 32.4. The van der Waals surface area contributed by atoms with Gasteiger partial charge in [-0.25, -0.2) is 0 Å². The van der Waals surface area contributed by atoms with Crippen LogP contribution in [-0.2, 0) is 5.41 Å². The van der Waals surface area contributed by atoms with Crippen LogP contribution in [0, 0.1) is 17.8 Å². The van der Waals surface area contributed by atoms with Gasteiger partial charge in [-0.2, -0.15) is 0 Å². The number of hydrogen-bond donors (Lipinski definition) is 0. The van der Waals surface area contributed by atoms with Crippen molar-refractivity contribution in [1.82, 2.24) is 0 Å². The highest BCUT2D eigenvalue weighted by molar-refractivity contribution is 7.26. The normalized spacial score (nSPS) is 22.8. The fourth-order valence-corrected chi connectivity index (χ4v) is 11.4. The lowest BCUT2D eigenvalue weighted by Crippen LogP contribution is -2.49. The molecular weight excluding hydrogens is 611 g/mol. The zero-order valence-electron chi connectivity index (χ0n) is 27.9. The molecule has 3 saturated carbocycles. The maximum Gasteiger partial charge on any atom is 0.0640 e. The van der Waals surface area contributed by atoms with E-state index in [1.165, 1.54) is 98.7 Å². The van der Waals surface area contributed by atoms with Crippen LogP contribution >= 0.6 is 11.3 Å². The summed E-state index contributed by atoms with van der Waals surface area (Å²) in [5, 5.41) is 2.65. The number of thiophene rings is 1. The molecule has 2 unspecified atom stereocenters. The summed E-state index contributed by atoms with van der Waals surface area (Å²) >= 11 is 1.89. The van der Waals surface area contributed by atoms with Crippen molar-refractivity contribution in [3.05, 3.63) is 151 Å². The summed E-state index contributed by atoms with van der Waals surface area (Å²) in [6.07, 6.45) is 10.1. The van der Waals surface area contributed by atoms with Crippen molar-refractivity contribution < 1.29 is 0 Å². The first-order valence-electron chi connectivity index (χ1n) is 18.3. The molecule has 7 aromatic rings. The van der Waals surface area contributed by atoms with Crippen molar-refractivity contribution >= 4 is 48.6 Å². The average molecular weight is 652 g/mol. The Labute approximate surface area is 293 Å². The molecule has 3 fully saturated rings. The third-order valence-electron chi connectivity index (χ3n) is 12.4. The molecule has 1 heterocycles. The zero-order valence-corrected chi connectivity index (χ0v) is 28.7. The van der Waals surface area contributed by atoms with Crippen LogP contribution in [0.3, 0.4) is 0 Å². The third kappa shape index (κ3) is 4.95. The maximum absolute atomic E-state index is 2.57. The molecule has 3 aliphatic rings. The van der Waals surface area contributed by atoms with Crippen LogP contribution in [0.15, 0.2) is 146 Å². The van der Waals surface area contributed by atoms with Gasteiger partial charge in [-0.1, -0.05) is 122 Å². The maximum atomic E-state index is 2.57. The lowest BCUT2D eigenvalue weighted by molar-refractivity contribution is 0.000468. The number of rotatable bonds is 6. The molecule has 2 atom stereocenters. The van der Waals surface area contributed by atoms with Gasteiger partial charge in [0, 0.05) is 26.8 Å². The van der Waals surface area contributed by atoms with Gasteiger partial charge in [0.15, 0.2) is 0 Å². The number of anilines is 3. The van der Waals surface area contributed by atoms with E-state index in [4.69, 9.17) is 0 Å². The van der Waals surface area contributed by atoms with Crippen LogP contribution < -0.4 is 4.90 Å². The monoisotopic (exact) mass is 651 g/mol. The summed E-state index contributed by atoms with van der Waals surface area (Å²) < 4.78 is 2.65. The predicted octanol–water partition coefficient (Wildman–Crippen LogP) is 13.7. The molecule has 0 saturated heterocycles. The molecule has 49 heavy (non-hydrogen) atoms. The van der Waals surface area contributed by atoms with E-state index in [-0.39, 0.29) is 0 Å². The Morgan fingerprint density at radius 2 is 1.10 bits per heavy atom. The summed E-state index contributed by atoms with van der Waals surface area (Å²) in [6.45, 7) is 0. The summed E-state index contributed by atoms with van der Waals surface area (Å²) in [5.41, 5.74) is 10.7. The Morgan fingerprint density at radius 3 is 1.84 bits per heavy atom. The minimum Gasteiger partial charge on any atom is -0.309 e. The molecule has 2 heteroatoms. The van der Waals surface area contributed by atoms with E-state index < -0.39 is 0 Å². The molecule has 10 rings (SSSR count). The first-order valence-corrected chi connectivity index (χ1v) is 19.1. The van der Waals surface area contributed by atoms with Crippen molar-refractivity contribution in [1.29, 1.82) is 0 Å². The third-order valence-corrected chi connectivity index (χ3v) is 13.6. The van der Waals surface area contributed by atoms with Crippen molar-refractivity contribution in [3.63, 3.8) is 0 Å². The van der Waals surface area contributed by atoms with E-state index in [0.717, 1.165) is 23.4 Å². The van der Waals surface area contributed by atoms with Crippen molar-refractivity contribution in [3.8, 4) is 22.3 Å². The Morgan fingerprint density at radius 1 is 0.510 bits per heavy atom. The van der Waals surface area contributed by atoms with Crippen LogP contribution in [0.4, 0.5) is 17.1 Å². The Kier molecular flexibility index (Phi) is 7.02. The average Bonchev–Trinajstić information content (AvgIpc) is 3.55. The second-order valence-corrected chi connectivity index (χ2v) is 16.1. The van der Waals surface area contributed by atoms with Crippen LogP contribution in [0.2, 0.25) is 0 Å². The lowest BCUT2D eigenvalue weighted by atomic mass is 9.47. The fraction of sp³-hybridized carbons (Fsp3) is 0.234. The number of fused-ring (bicyclic) bond motifs is 5. The molecule has 1 nitrogen and oxygen atoms in total. The van der Waals surface area contributed by atoms with E-state index in [9.17, 15) is 0 Å². The highest BCUT2D eigenvalue weighted by Gasteiger charge is 2.52. The van der Waals surface area contributed by atoms with E-state index in [1.807, 2.05) is 11.3 Å². The van der Waals surface area contributed by atoms with E-state index >= 15 is 0 Å². The predicted molar refractivity (Wildman–Crippen MR) is 209 cm³/mol. The molecule has 3 bridgehead atoms. The van der Waals surface area contributed by atoms with E-state index in [1.54, 1.807) is 5.56 Å². The first-order chi connectivity index (χ1) is 24.2. The van der Waals surface area contributed by atoms with Crippen LogP contribution in [-0.4, -0.2) is 0 Å². The van der Waals surface area contributed by atoms with Crippen LogP contribution in [0.25, 0.3) is 42.4 Å². The van der Waals surface area contributed by atoms with Gasteiger partial charge < -0.3 is 4.90 Å². The summed E-state index contributed by atoms with van der Waals surface area (Å²) in [7, 11) is 0. The standard InChI is InChI=1S/C47H41NS/c1-2-8-34(9-3-1)35-18-24-40(25-19-35)48(44-14-7-13-43-42-12-4-5-15-45(42)49-46(43)44)41-26-20-36(21-27-41)37-10-6-11-39(29-37)47-30-32-16-22-38(47)23-17-33(28-32)31-47/h1-15,18-21,24-27,29,32-33,38H,16-17,22-23,28,30-31H2. The Bertz CT molecular complexity index is 2260. The molecule has 0 radical (unpaired) electrons. The van der Waals surface area contributed by atoms with E-state index in [0.29, 0.717) is 5.41 Å². The van der Waals surface area contributed by atoms with E-state index in [2.05, 4.69) is 150 Å². The molecule has 0 spiro atoms. The van der Waals surface area contributed by atoms with Gasteiger partial charge in [-0.05, 0) is 119 Å². The molecule has 240 valence electrons. The summed E-state index contributed by atoms with van der Waals surface area (Å²) in [6, 6.07) is 54.4. The SMILES string of the molecule is c1ccc(-c2ccc(N(c3ccc(-c4cccc(C56CC7CCC5CCC(C7)C6)c4)cc3)c3cccc4c3sc3ccccc34)cc2)cc1. The quantitative estimate of drug-likeness (QED) is 0.173. The molecule has 0 N–H and O–H groups in total. The highest BCUT2D eigenvalue weighted by Crippen LogP contribution is 2.60. The lowest BCUT2D eigenvalue weighted by Gasteiger charge is -2.57. The van der Waals surface area contributed by atoms with Gasteiger partial charge in [0.25, 0.3) is 0 Å². The van der Waals surface area contributed by atoms with Crippen molar-refractivity contribution in [2.45, 2.75) is 50.4 Å². The molecule has 1 aromatic heterocycles. The topological polar surface area (TPSA) is 3.24 Å². The number of benzene rings is 6. The van der Waals surface area contributed by atoms with Gasteiger partial charge in [0.1, 0.15) is 0 Å². The molecule has 6 aromatic carbocycles. The Hall–Kier alpha value is -4.66. The summed E-state index contributed by atoms with van der Waals surface area (Å²) in [4.78, 5) is 2.45. The smallest absolute Gasteiger partial charge is 0.0640 e. The number of hydrogen-bond acceptors (Lipinski definition) is 2. The van der Waals surface area contributed by atoms with Crippen molar-refractivity contribution in [2.75, 3.05) is 4.90 Å². The van der Waals surface area contributed by atoms with Gasteiger partial charge in [-0.15, -0.1) is 11.3 Å². The van der Waals surface area contributed by atoms with Crippen LogP contribution in [0.1, 0.15) is 50.5 Å². The van der Waals surface area contributed by atoms with Gasteiger partial charge in [-0.3, -0.25) is 0 Å². The second-order valence-electron chi connectivity index (χ2n) is 15.0. The largest absolute Gasteiger partial charge is 0.309 e. The summed E-state index contributed by atoms with van der Waals surface area (Å²) in [5.74, 6) is 2.75. The second kappa shape index (κ2) is 11.7. The van der Waals surface area contributed by atoms with Crippen molar-refractivity contribution in [2.24, 2.45) is 17.8 Å². The molecular formula is C47H41NS. The minimum absolute atomic E-state index is 0.408. The van der Waals surface area contributed by atoms with Crippen LogP contribution in [0.5, 0.6) is 0 Å². The molecule has 3 aliphatic carbocycles. The van der Waals surface area contributed by atoms with Gasteiger partial charge in [0.05, 0.1) is 10.4 Å². The first kappa shape index (κ1) is 29.3. The molecule has 0 amide bonds.